The number of aryl methyl sites for hydroxylation is 2. The number of pyridine rings is 1. The molecule has 3 aliphatic carbocycles. The van der Waals surface area contributed by atoms with Gasteiger partial charge in [-0.15, -0.1) is 0 Å². The summed E-state index contributed by atoms with van der Waals surface area (Å²) in [6, 6.07) is 6.58. The standard InChI is InChI=1S/C34H41F3N6O3/c1-20-8-7-9-25-28(20)42(19-33-15-32(16-33,17-33)18-38-30(45)21(2)13-40(4)5)14-23-11-27(44)43(29(23)31(46)41(25)6)26-12-24(34(35,36)37)10-22(3)39-26/h7-10,12,23,29H,2,11,13-19H2,1,3-6H3,(H,38,45)/t23-,29+,32?,33?/m1/s1. The van der Waals surface area contributed by atoms with Gasteiger partial charge in [-0.3, -0.25) is 19.3 Å². The van der Waals surface area contributed by atoms with Crippen LogP contribution in [0, 0.1) is 30.6 Å². The predicted octanol–water partition coefficient (Wildman–Crippen LogP) is 4.33. The molecule has 0 spiro atoms. The minimum absolute atomic E-state index is 0.0265. The van der Waals surface area contributed by atoms with E-state index in [1.54, 1.807) is 7.05 Å². The number of likely N-dealkylation sites (N-methyl/N-ethyl adjacent to an activating group) is 2. The van der Waals surface area contributed by atoms with Gasteiger partial charge in [0.1, 0.15) is 11.9 Å². The fourth-order valence-electron chi connectivity index (χ4n) is 8.48. The van der Waals surface area contributed by atoms with Crippen LogP contribution in [0.15, 0.2) is 42.5 Å². The highest BCUT2D eigenvalue weighted by Crippen LogP contribution is 2.73. The number of fused-ring (bicyclic) bond motifs is 2. The Morgan fingerprint density at radius 1 is 1.13 bits per heavy atom. The van der Waals surface area contributed by atoms with Crippen molar-refractivity contribution in [2.75, 3.05) is 62.0 Å². The molecule has 1 aromatic heterocycles. The monoisotopic (exact) mass is 638 g/mol. The summed E-state index contributed by atoms with van der Waals surface area (Å²) < 4.78 is 41.2. The molecule has 0 unspecified atom stereocenters. The normalized spacial score (nSPS) is 27.0. The van der Waals surface area contributed by atoms with Gasteiger partial charge in [0.2, 0.25) is 17.7 Å². The minimum Gasteiger partial charge on any atom is -0.369 e. The second kappa shape index (κ2) is 11.1. The van der Waals surface area contributed by atoms with E-state index in [0.29, 0.717) is 37.4 Å². The number of aromatic nitrogens is 1. The summed E-state index contributed by atoms with van der Waals surface area (Å²) in [6.45, 7) is 9.58. The third-order valence-electron chi connectivity index (χ3n) is 10.1. The molecule has 5 aliphatic rings. The number of hydrogen-bond donors (Lipinski definition) is 1. The first-order valence-electron chi connectivity index (χ1n) is 15.6. The van der Waals surface area contributed by atoms with E-state index in [9.17, 15) is 27.6 Å². The molecule has 1 saturated heterocycles. The number of anilines is 3. The summed E-state index contributed by atoms with van der Waals surface area (Å²) in [5, 5.41) is 3.07. The van der Waals surface area contributed by atoms with Gasteiger partial charge < -0.3 is 20.0 Å². The summed E-state index contributed by atoms with van der Waals surface area (Å²) in [6.07, 6.45) is -1.72. The van der Waals surface area contributed by atoms with Crippen LogP contribution >= 0.6 is 0 Å². The molecule has 12 heteroatoms. The summed E-state index contributed by atoms with van der Waals surface area (Å²) >= 11 is 0. The van der Waals surface area contributed by atoms with Crippen LogP contribution in [0.2, 0.25) is 0 Å². The highest BCUT2D eigenvalue weighted by atomic mass is 19.4. The molecule has 2 bridgehead atoms. The Labute approximate surface area is 267 Å². The Bertz CT molecular complexity index is 1600. The van der Waals surface area contributed by atoms with Gasteiger partial charge in [-0.1, -0.05) is 18.7 Å². The fraction of sp³-hybridized carbons (Fsp3) is 0.529. The Hall–Kier alpha value is -3.93. The largest absolute Gasteiger partial charge is 0.416 e. The third kappa shape index (κ3) is 5.54. The lowest BCUT2D eigenvalue weighted by molar-refractivity contribution is -0.193. The SMILES string of the molecule is C=C(CN(C)C)C(=O)NCC12CC(CN3C[C@H]4CC(=O)N(c5cc(C(F)(F)F)cc(C)n5)[C@@H]4C(=O)N(C)c4cccc(C)c43)(C1)C2. The second-order valence-corrected chi connectivity index (χ2v) is 14.3. The number of nitrogens with zero attached hydrogens (tertiary/aromatic N) is 5. The fourth-order valence-corrected chi connectivity index (χ4v) is 8.48. The lowest BCUT2D eigenvalue weighted by Crippen LogP contribution is -2.69. The highest BCUT2D eigenvalue weighted by Gasteiger charge is 2.67. The van der Waals surface area contributed by atoms with Crippen LogP contribution in [0.4, 0.5) is 30.4 Å². The number of carbonyl (C=O) groups excluding carboxylic acids is 3. The van der Waals surface area contributed by atoms with Gasteiger partial charge in [-0.05, 0) is 81.8 Å². The van der Waals surface area contributed by atoms with Crippen LogP contribution in [0.25, 0.3) is 0 Å². The zero-order chi connectivity index (χ0) is 33.3. The molecule has 46 heavy (non-hydrogen) atoms. The molecule has 7 rings (SSSR count). The summed E-state index contributed by atoms with van der Waals surface area (Å²) in [5.41, 5.74) is 2.48. The number of alkyl halides is 3. The lowest BCUT2D eigenvalue weighted by Gasteiger charge is -2.72. The van der Waals surface area contributed by atoms with E-state index >= 15 is 0 Å². The molecule has 3 saturated carbocycles. The smallest absolute Gasteiger partial charge is 0.369 e. The van der Waals surface area contributed by atoms with E-state index < -0.39 is 29.6 Å². The number of rotatable bonds is 8. The van der Waals surface area contributed by atoms with Crippen molar-refractivity contribution < 1.29 is 27.6 Å². The topological polar surface area (TPSA) is 89.1 Å². The molecule has 2 aliphatic heterocycles. The summed E-state index contributed by atoms with van der Waals surface area (Å²) in [5.74, 6) is -1.49. The Morgan fingerprint density at radius 3 is 2.48 bits per heavy atom. The van der Waals surface area contributed by atoms with Crippen molar-refractivity contribution in [2.24, 2.45) is 16.7 Å². The Morgan fingerprint density at radius 2 is 1.83 bits per heavy atom. The molecular formula is C34H41F3N6O3. The van der Waals surface area contributed by atoms with E-state index in [1.807, 2.05) is 44.1 Å². The van der Waals surface area contributed by atoms with E-state index in [2.05, 4.69) is 21.8 Å². The number of nitrogens with one attached hydrogen (secondary N) is 1. The maximum Gasteiger partial charge on any atom is 0.416 e. The van der Waals surface area contributed by atoms with Crippen LogP contribution in [0.3, 0.4) is 0 Å². The van der Waals surface area contributed by atoms with Gasteiger partial charge in [0.15, 0.2) is 0 Å². The van der Waals surface area contributed by atoms with Crippen molar-refractivity contribution >= 4 is 34.9 Å². The zero-order valence-electron chi connectivity index (χ0n) is 27.0. The average molecular weight is 639 g/mol. The number of hydrogen-bond acceptors (Lipinski definition) is 6. The minimum atomic E-state index is -4.62. The molecule has 0 radical (unpaired) electrons. The van der Waals surface area contributed by atoms with Crippen molar-refractivity contribution in [3.8, 4) is 0 Å². The second-order valence-electron chi connectivity index (χ2n) is 14.3. The molecule has 1 aromatic carbocycles. The van der Waals surface area contributed by atoms with E-state index in [1.165, 1.54) is 16.7 Å². The Kier molecular flexibility index (Phi) is 7.73. The van der Waals surface area contributed by atoms with Crippen LogP contribution in [0.1, 0.15) is 42.5 Å². The number of halogens is 3. The van der Waals surface area contributed by atoms with Crippen molar-refractivity contribution in [1.29, 1.82) is 0 Å². The maximum atomic E-state index is 14.1. The summed E-state index contributed by atoms with van der Waals surface area (Å²) in [7, 11) is 5.45. The third-order valence-corrected chi connectivity index (χ3v) is 10.1. The Balaban J connectivity index is 1.26. The van der Waals surface area contributed by atoms with Gasteiger partial charge in [0.25, 0.3) is 0 Å². The lowest BCUT2D eigenvalue weighted by atomic mass is 9.35. The van der Waals surface area contributed by atoms with Gasteiger partial charge in [-0.2, -0.15) is 13.2 Å². The van der Waals surface area contributed by atoms with Gasteiger partial charge in [0.05, 0.1) is 16.9 Å². The van der Waals surface area contributed by atoms with Crippen molar-refractivity contribution in [2.45, 2.75) is 51.7 Å². The van der Waals surface area contributed by atoms with Crippen molar-refractivity contribution in [3.05, 3.63) is 59.3 Å². The van der Waals surface area contributed by atoms with Crippen molar-refractivity contribution in [3.63, 3.8) is 0 Å². The molecule has 1 N–H and O–H groups in total. The molecule has 4 fully saturated rings. The van der Waals surface area contributed by atoms with Crippen LogP contribution in [-0.4, -0.2) is 81.0 Å². The summed E-state index contributed by atoms with van der Waals surface area (Å²) in [4.78, 5) is 51.4. The molecule has 2 atom stereocenters. The van der Waals surface area contributed by atoms with Gasteiger partial charge >= 0.3 is 6.18 Å². The first kappa shape index (κ1) is 32.0. The molecular weight excluding hydrogens is 597 g/mol. The van der Waals surface area contributed by atoms with E-state index in [0.717, 1.165) is 42.6 Å². The van der Waals surface area contributed by atoms with Gasteiger partial charge in [0, 0.05) is 56.8 Å². The van der Waals surface area contributed by atoms with Crippen molar-refractivity contribution in [1.82, 2.24) is 15.2 Å². The maximum absolute atomic E-state index is 14.1. The van der Waals surface area contributed by atoms with Gasteiger partial charge in [-0.25, -0.2) is 4.98 Å². The molecule has 2 aromatic rings. The molecule has 246 valence electrons. The van der Waals surface area contributed by atoms with Crippen LogP contribution < -0.4 is 20.0 Å². The quantitative estimate of drug-likeness (QED) is 0.434. The first-order chi connectivity index (χ1) is 21.5. The first-order valence-corrected chi connectivity index (χ1v) is 15.6. The van der Waals surface area contributed by atoms with Crippen LogP contribution in [-0.2, 0) is 20.6 Å². The average Bonchev–Trinajstić information content (AvgIpc) is 3.25. The molecule has 3 amide bonds. The number of para-hydroxylation sites is 1. The molecule has 9 nitrogen and oxygen atoms in total. The molecule has 3 heterocycles. The highest BCUT2D eigenvalue weighted by molar-refractivity contribution is 6.10. The number of carbonyl (C=O) groups is 3. The zero-order valence-corrected chi connectivity index (χ0v) is 27.0. The van der Waals surface area contributed by atoms with E-state index in [-0.39, 0.29) is 40.6 Å². The number of amides is 3. The number of benzene rings is 1. The van der Waals surface area contributed by atoms with E-state index in [4.69, 9.17) is 0 Å². The predicted molar refractivity (Wildman–Crippen MR) is 170 cm³/mol. The van der Waals surface area contributed by atoms with Crippen LogP contribution in [0.5, 0.6) is 0 Å².